The Morgan fingerprint density at radius 1 is 1.24 bits per heavy atom. The van der Waals surface area contributed by atoms with E-state index < -0.39 is 0 Å². The summed E-state index contributed by atoms with van der Waals surface area (Å²) >= 11 is 1.82. The molecule has 1 heterocycles. The third kappa shape index (κ3) is 3.33. The summed E-state index contributed by atoms with van der Waals surface area (Å²) in [4.78, 5) is 1.37. The number of hydrogen-bond acceptors (Lipinski definition) is 3. The predicted molar refractivity (Wildman–Crippen MR) is 75.1 cm³/mol. The van der Waals surface area contributed by atoms with Crippen molar-refractivity contribution in [3.8, 4) is 16.2 Å². The van der Waals surface area contributed by atoms with E-state index in [1.807, 2.05) is 44.6 Å². The van der Waals surface area contributed by atoms with Crippen molar-refractivity contribution in [2.24, 2.45) is 0 Å². The lowest BCUT2D eigenvalue weighted by atomic mass is 10.1. The van der Waals surface area contributed by atoms with E-state index in [4.69, 9.17) is 4.74 Å². The summed E-state index contributed by atoms with van der Waals surface area (Å²) in [5.74, 6) is 0.909. The second kappa shape index (κ2) is 6.92. The minimum atomic E-state index is 0. The van der Waals surface area contributed by atoms with Crippen molar-refractivity contribution in [3.05, 3.63) is 29.8 Å². The van der Waals surface area contributed by atoms with Gasteiger partial charge in [0.05, 0.1) is 7.11 Å². The molecule has 0 bridgehead atoms. The molecule has 2 rings (SSSR count). The van der Waals surface area contributed by atoms with Crippen LogP contribution in [-0.4, -0.2) is 13.4 Å². The van der Waals surface area contributed by atoms with Gasteiger partial charge in [-0.05, 0) is 43.0 Å². The van der Waals surface area contributed by atoms with Gasteiger partial charge in [0, 0.05) is 5.56 Å². The number of thioether (sulfide) groups is 1. The highest BCUT2D eigenvalue weighted by atomic mass is 127. The Morgan fingerprint density at radius 2 is 1.88 bits per heavy atom. The average molecular weight is 396 g/mol. The average Bonchev–Trinajstić information content (AvgIpc) is 2.70. The summed E-state index contributed by atoms with van der Waals surface area (Å²) in [7, 11) is 5.40. The van der Waals surface area contributed by atoms with Crippen molar-refractivity contribution >= 4 is 32.4 Å². The van der Waals surface area contributed by atoms with Crippen LogP contribution < -0.4 is 28.7 Å². The van der Waals surface area contributed by atoms with Gasteiger partial charge in [0.15, 0.2) is 10.3 Å². The smallest absolute Gasteiger partial charge is 0.308 e. The maximum absolute atomic E-state index is 5.16. The first-order chi connectivity index (χ1) is 7.76. The number of ether oxygens (including phenoxy) is 1. The van der Waals surface area contributed by atoms with Gasteiger partial charge in [-0.15, -0.1) is 0 Å². The Morgan fingerprint density at radius 3 is 2.35 bits per heavy atom. The maximum atomic E-state index is 5.16. The Kier molecular flexibility index (Phi) is 6.19. The molecule has 0 atom stereocenters. The summed E-state index contributed by atoms with van der Waals surface area (Å²) in [6, 6.07) is 8.26. The van der Waals surface area contributed by atoms with Crippen LogP contribution in [0, 0.1) is 6.92 Å². The van der Waals surface area contributed by atoms with Gasteiger partial charge >= 0.3 is 10.3 Å². The largest absolute Gasteiger partial charge is 1.00 e. The van der Waals surface area contributed by atoms with Crippen molar-refractivity contribution in [2.45, 2.75) is 11.1 Å². The molecule has 5 heteroatoms. The fourth-order valence-corrected chi connectivity index (χ4v) is 5.58. The summed E-state index contributed by atoms with van der Waals surface area (Å²) < 4.78 is 6.58. The monoisotopic (exact) mass is 396 g/mol. The predicted octanol–water partition coefficient (Wildman–Crippen LogP) is 1.80. The highest BCUT2D eigenvalue weighted by Crippen LogP contribution is 2.40. The van der Waals surface area contributed by atoms with Crippen molar-refractivity contribution < 1.29 is 28.7 Å². The normalized spacial score (nSPS) is 9.82. The molecule has 0 aliphatic carbocycles. The molecular formula is C12H13IOS3. The standard InChI is InChI=1S/C12H13OS3.HI/c1-8-11(15-16-12(8)14-3)9-4-6-10(13-2)7-5-9;/h4-7H,1-3H3;1H/q+1;/p-1. The Labute approximate surface area is 131 Å². The number of benzene rings is 1. The van der Waals surface area contributed by atoms with E-state index in [0.29, 0.717) is 0 Å². The lowest BCUT2D eigenvalue weighted by molar-refractivity contribution is -0.00000344. The quantitative estimate of drug-likeness (QED) is 0.339. The summed E-state index contributed by atoms with van der Waals surface area (Å²) in [6.07, 6.45) is 2.13. The summed E-state index contributed by atoms with van der Waals surface area (Å²) in [5, 5.41) is 0. The van der Waals surface area contributed by atoms with Crippen LogP contribution in [0.25, 0.3) is 10.4 Å². The third-order valence-electron chi connectivity index (χ3n) is 2.39. The van der Waals surface area contributed by atoms with E-state index in [1.54, 1.807) is 7.11 Å². The fraction of sp³-hybridized carbons (Fsp3) is 0.250. The molecule has 0 amide bonds. The van der Waals surface area contributed by atoms with Crippen molar-refractivity contribution in [1.29, 1.82) is 0 Å². The molecule has 0 spiro atoms. The van der Waals surface area contributed by atoms with E-state index in [1.165, 1.54) is 20.2 Å². The highest BCUT2D eigenvalue weighted by Gasteiger charge is 2.20. The van der Waals surface area contributed by atoms with Crippen LogP contribution in [0.3, 0.4) is 0 Å². The number of rotatable bonds is 3. The van der Waals surface area contributed by atoms with Gasteiger partial charge in [-0.2, -0.15) is 0 Å². The van der Waals surface area contributed by atoms with Crippen molar-refractivity contribution in [1.82, 2.24) is 0 Å². The Bertz CT molecular complexity index is 479. The molecule has 0 aliphatic heterocycles. The fourth-order valence-electron chi connectivity index (χ4n) is 1.49. The molecule has 0 aliphatic rings. The van der Waals surface area contributed by atoms with Crippen molar-refractivity contribution in [2.75, 3.05) is 13.4 Å². The zero-order chi connectivity index (χ0) is 11.5. The van der Waals surface area contributed by atoms with E-state index in [2.05, 4.69) is 25.3 Å². The van der Waals surface area contributed by atoms with Gasteiger partial charge in [-0.1, -0.05) is 11.8 Å². The molecule has 0 saturated heterocycles. The second-order valence-corrected chi connectivity index (χ2v) is 6.57. The molecule has 0 N–H and O–H groups in total. The van der Waals surface area contributed by atoms with Crippen LogP contribution in [-0.2, 0) is 0 Å². The molecule has 0 fully saturated rings. The SMILES string of the molecule is COc1ccc(-c2s[s+]c(SC)c2C)cc1.[I-]. The minimum Gasteiger partial charge on any atom is -1.00 e. The summed E-state index contributed by atoms with van der Waals surface area (Å²) in [6.45, 7) is 2.19. The van der Waals surface area contributed by atoms with Crippen LogP contribution in [0.2, 0.25) is 0 Å². The van der Waals surface area contributed by atoms with Gasteiger partial charge in [-0.25, -0.2) is 0 Å². The van der Waals surface area contributed by atoms with Gasteiger partial charge < -0.3 is 28.7 Å². The molecule has 17 heavy (non-hydrogen) atoms. The number of hydrogen-bond donors (Lipinski definition) is 0. The molecule has 1 nitrogen and oxygen atoms in total. The molecule has 0 unspecified atom stereocenters. The van der Waals surface area contributed by atoms with Crippen LogP contribution >= 0.6 is 32.4 Å². The van der Waals surface area contributed by atoms with Crippen LogP contribution in [0.5, 0.6) is 5.75 Å². The van der Waals surface area contributed by atoms with Crippen LogP contribution in [0.1, 0.15) is 5.56 Å². The van der Waals surface area contributed by atoms with Gasteiger partial charge in [-0.3, -0.25) is 0 Å². The van der Waals surface area contributed by atoms with E-state index in [9.17, 15) is 0 Å². The van der Waals surface area contributed by atoms with E-state index in [0.717, 1.165) is 5.75 Å². The number of methoxy groups -OCH3 is 1. The van der Waals surface area contributed by atoms with Gasteiger partial charge in [0.2, 0.25) is 0 Å². The van der Waals surface area contributed by atoms with Crippen LogP contribution in [0.4, 0.5) is 0 Å². The first kappa shape index (κ1) is 15.2. The second-order valence-electron chi connectivity index (χ2n) is 3.34. The Balaban J connectivity index is 0.00000144. The lowest BCUT2D eigenvalue weighted by Gasteiger charge is -2.00. The molecule has 1 aromatic carbocycles. The molecule has 1 aromatic heterocycles. The lowest BCUT2D eigenvalue weighted by Crippen LogP contribution is -3.00. The zero-order valence-electron chi connectivity index (χ0n) is 9.82. The van der Waals surface area contributed by atoms with Crippen molar-refractivity contribution in [3.63, 3.8) is 0 Å². The van der Waals surface area contributed by atoms with Gasteiger partial charge in [0.1, 0.15) is 10.6 Å². The summed E-state index contributed by atoms with van der Waals surface area (Å²) in [5.41, 5.74) is 2.67. The number of halogens is 1. The minimum absolute atomic E-state index is 0. The first-order valence-corrected chi connectivity index (χ1v) is 8.25. The first-order valence-electron chi connectivity index (χ1n) is 4.87. The molecule has 2 aromatic rings. The maximum Gasteiger partial charge on any atom is 0.308 e. The van der Waals surface area contributed by atoms with Crippen LogP contribution in [0.15, 0.2) is 28.5 Å². The Hall–Kier alpha value is 0.150. The van der Waals surface area contributed by atoms with Gasteiger partial charge in [0.25, 0.3) is 4.21 Å². The topological polar surface area (TPSA) is 9.23 Å². The molecular weight excluding hydrogens is 383 g/mol. The van der Waals surface area contributed by atoms with E-state index >= 15 is 0 Å². The molecule has 92 valence electrons. The van der Waals surface area contributed by atoms with E-state index in [-0.39, 0.29) is 24.0 Å². The highest BCUT2D eigenvalue weighted by molar-refractivity contribution is 8.02. The molecule has 0 radical (unpaired) electrons. The third-order valence-corrected chi connectivity index (χ3v) is 6.63. The molecule has 0 saturated carbocycles. The zero-order valence-corrected chi connectivity index (χ0v) is 14.4.